The van der Waals surface area contributed by atoms with Crippen molar-refractivity contribution < 1.29 is 5.11 Å². The Morgan fingerprint density at radius 3 is 2.28 bits per heavy atom. The van der Waals surface area contributed by atoms with E-state index in [9.17, 15) is 5.11 Å². The molecule has 1 N–H and O–H groups in total. The molecule has 0 amide bonds. The van der Waals surface area contributed by atoms with Crippen LogP contribution in [0.3, 0.4) is 0 Å². The first-order valence-corrected chi connectivity index (χ1v) is 6.88. The van der Waals surface area contributed by atoms with Crippen LogP contribution < -0.4 is 0 Å². The van der Waals surface area contributed by atoms with Gasteiger partial charge in [-0.2, -0.15) is 0 Å². The van der Waals surface area contributed by atoms with E-state index in [1.165, 1.54) is 5.56 Å². The van der Waals surface area contributed by atoms with Crippen LogP contribution in [0.15, 0.2) is 30.3 Å². The highest BCUT2D eigenvalue weighted by Crippen LogP contribution is 2.21. The van der Waals surface area contributed by atoms with Crippen molar-refractivity contribution in [3.05, 3.63) is 35.9 Å². The lowest BCUT2D eigenvalue weighted by molar-refractivity contribution is 0.0453. The maximum absolute atomic E-state index is 10.1. The predicted octanol–water partition coefficient (Wildman–Crippen LogP) is 3.31. The van der Waals surface area contributed by atoms with Crippen LogP contribution >= 0.6 is 0 Å². The normalized spacial score (nSPS) is 13.9. The molecule has 0 spiro atoms. The third-order valence-electron chi connectivity index (χ3n) is 3.41. The second-order valence-corrected chi connectivity index (χ2v) is 6.02. The highest BCUT2D eigenvalue weighted by molar-refractivity contribution is 5.14. The molecule has 0 aromatic heterocycles. The molecular weight excluding hydrogens is 222 g/mol. The highest BCUT2D eigenvalue weighted by Gasteiger charge is 2.22. The quantitative estimate of drug-likeness (QED) is 0.836. The lowest BCUT2D eigenvalue weighted by atomic mass is 9.87. The number of hydrogen-bond acceptors (Lipinski definition) is 2. The van der Waals surface area contributed by atoms with E-state index >= 15 is 0 Å². The number of benzene rings is 1. The van der Waals surface area contributed by atoms with Crippen LogP contribution in [-0.2, 0) is 6.54 Å². The molecule has 2 heteroatoms. The van der Waals surface area contributed by atoms with Gasteiger partial charge in [0.2, 0.25) is 0 Å². The van der Waals surface area contributed by atoms with Crippen LogP contribution in [0.25, 0.3) is 0 Å². The maximum atomic E-state index is 10.1. The predicted molar refractivity (Wildman–Crippen MR) is 77.5 cm³/mol. The van der Waals surface area contributed by atoms with E-state index in [4.69, 9.17) is 0 Å². The molecule has 2 nitrogen and oxygen atoms in total. The van der Waals surface area contributed by atoms with Crippen LogP contribution in [-0.4, -0.2) is 29.2 Å². The van der Waals surface area contributed by atoms with E-state index in [1.54, 1.807) is 0 Å². The molecule has 0 aliphatic carbocycles. The number of aliphatic hydroxyl groups excluding tert-OH is 1. The molecule has 0 radical (unpaired) electrons. The van der Waals surface area contributed by atoms with Gasteiger partial charge in [0.25, 0.3) is 0 Å². The first-order chi connectivity index (χ1) is 8.43. The average Bonchev–Trinajstić information content (AvgIpc) is 2.34. The van der Waals surface area contributed by atoms with E-state index in [0.29, 0.717) is 0 Å². The number of hydrogen-bond donors (Lipinski definition) is 1. The molecule has 0 aliphatic heterocycles. The summed E-state index contributed by atoms with van der Waals surface area (Å²) in [5, 5.41) is 10.1. The number of nitrogens with zero attached hydrogens (tertiary/aromatic N) is 1. The molecule has 1 aromatic rings. The topological polar surface area (TPSA) is 23.5 Å². The van der Waals surface area contributed by atoms with E-state index in [1.807, 2.05) is 6.07 Å². The fraction of sp³-hybridized carbons (Fsp3) is 0.625. The monoisotopic (exact) mass is 249 g/mol. The zero-order valence-corrected chi connectivity index (χ0v) is 12.2. The third-order valence-corrected chi connectivity index (χ3v) is 3.41. The molecule has 1 atom stereocenters. The lowest BCUT2D eigenvalue weighted by Crippen LogP contribution is -2.32. The minimum Gasteiger partial charge on any atom is -0.393 e. The smallest absolute Gasteiger partial charge is 0.0600 e. The molecule has 0 bridgehead atoms. The van der Waals surface area contributed by atoms with Crippen LogP contribution in [0.1, 0.15) is 39.7 Å². The van der Waals surface area contributed by atoms with Crippen molar-refractivity contribution in [2.45, 2.75) is 46.8 Å². The Bertz CT molecular complexity index is 329. The van der Waals surface area contributed by atoms with Crippen LogP contribution in [0.2, 0.25) is 0 Å². The lowest BCUT2D eigenvalue weighted by Gasteiger charge is -2.28. The largest absolute Gasteiger partial charge is 0.393 e. The van der Waals surface area contributed by atoms with Gasteiger partial charge in [-0.3, -0.25) is 4.90 Å². The van der Waals surface area contributed by atoms with E-state index in [0.717, 1.165) is 26.1 Å². The molecular formula is C16H27NO. The second-order valence-electron chi connectivity index (χ2n) is 6.02. The van der Waals surface area contributed by atoms with Crippen LogP contribution in [0.4, 0.5) is 0 Å². The summed E-state index contributed by atoms with van der Waals surface area (Å²) >= 11 is 0. The molecule has 1 aromatic carbocycles. The summed E-state index contributed by atoms with van der Waals surface area (Å²) in [6.45, 7) is 11.4. The molecule has 0 fully saturated rings. The van der Waals surface area contributed by atoms with Gasteiger partial charge >= 0.3 is 0 Å². The van der Waals surface area contributed by atoms with Gasteiger partial charge in [-0.15, -0.1) is 0 Å². The molecule has 1 unspecified atom stereocenters. The van der Waals surface area contributed by atoms with Crippen molar-refractivity contribution >= 4 is 0 Å². The fourth-order valence-corrected chi connectivity index (χ4v) is 1.93. The van der Waals surface area contributed by atoms with E-state index in [2.05, 4.69) is 56.9 Å². The van der Waals surface area contributed by atoms with Crippen LogP contribution in [0, 0.1) is 5.41 Å². The molecule has 0 saturated carbocycles. The summed E-state index contributed by atoms with van der Waals surface area (Å²) in [6, 6.07) is 10.5. The standard InChI is InChI=1S/C16H27NO/c1-5-17(12-11-15(18)16(2,3)4)13-14-9-7-6-8-10-14/h6-10,15,18H,5,11-13H2,1-4H3. The van der Waals surface area contributed by atoms with Crippen molar-refractivity contribution in [3.8, 4) is 0 Å². The van der Waals surface area contributed by atoms with Gasteiger partial charge in [0.1, 0.15) is 0 Å². The average molecular weight is 249 g/mol. The first-order valence-electron chi connectivity index (χ1n) is 6.88. The summed E-state index contributed by atoms with van der Waals surface area (Å²) in [7, 11) is 0. The minimum atomic E-state index is -0.234. The highest BCUT2D eigenvalue weighted by atomic mass is 16.3. The SMILES string of the molecule is CCN(CCC(O)C(C)(C)C)Cc1ccccc1. The Balaban J connectivity index is 2.43. The molecule has 0 saturated heterocycles. The summed E-state index contributed by atoms with van der Waals surface area (Å²) < 4.78 is 0. The maximum Gasteiger partial charge on any atom is 0.0600 e. The zero-order chi connectivity index (χ0) is 13.6. The second kappa shape index (κ2) is 6.91. The van der Waals surface area contributed by atoms with Crippen molar-refractivity contribution in [2.75, 3.05) is 13.1 Å². The Kier molecular flexibility index (Phi) is 5.83. The van der Waals surface area contributed by atoms with Gasteiger partial charge in [-0.25, -0.2) is 0 Å². The molecule has 0 heterocycles. The van der Waals surface area contributed by atoms with Crippen molar-refractivity contribution in [1.82, 2.24) is 4.90 Å². The summed E-state index contributed by atoms with van der Waals surface area (Å²) in [6.07, 6.45) is 0.604. The first kappa shape index (κ1) is 15.2. The summed E-state index contributed by atoms with van der Waals surface area (Å²) in [5.41, 5.74) is 1.32. The van der Waals surface area contributed by atoms with Gasteiger partial charge in [0.15, 0.2) is 0 Å². The van der Waals surface area contributed by atoms with Gasteiger partial charge < -0.3 is 5.11 Å². The number of aliphatic hydroxyl groups is 1. The summed E-state index contributed by atoms with van der Waals surface area (Å²) in [5.74, 6) is 0. The van der Waals surface area contributed by atoms with Crippen molar-refractivity contribution in [1.29, 1.82) is 0 Å². The zero-order valence-electron chi connectivity index (χ0n) is 12.2. The minimum absolute atomic E-state index is 0.0217. The molecule has 18 heavy (non-hydrogen) atoms. The summed E-state index contributed by atoms with van der Waals surface area (Å²) in [4.78, 5) is 2.38. The van der Waals surface area contributed by atoms with Gasteiger partial charge in [-0.1, -0.05) is 58.0 Å². The molecule has 102 valence electrons. The van der Waals surface area contributed by atoms with Gasteiger partial charge in [-0.05, 0) is 23.9 Å². The van der Waals surface area contributed by atoms with Gasteiger partial charge in [0.05, 0.1) is 6.10 Å². The Morgan fingerprint density at radius 2 is 1.78 bits per heavy atom. The van der Waals surface area contributed by atoms with Crippen LogP contribution in [0.5, 0.6) is 0 Å². The third kappa shape index (κ3) is 5.19. The Hall–Kier alpha value is -0.860. The molecule has 1 rings (SSSR count). The Morgan fingerprint density at radius 1 is 1.17 bits per heavy atom. The Labute approximate surface area is 112 Å². The van der Waals surface area contributed by atoms with Gasteiger partial charge in [0, 0.05) is 13.1 Å². The van der Waals surface area contributed by atoms with Crippen molar-refractivity contribution in [2.24, 2.45) is 5.41 Å². The van der Waals surface area contributed by atoms with E-state index in [-0.39, 0.29) is 11.5 Å². The van der Waals surface area contributed by atoms with E-state index < -0.39 is 0 Å². The number of rotatable bonds is 6. The molecule has 0 aliphatic rings. The fourth-order valence-electron chi connectivity index (χ4n) is 1.93. The van der Waals surface area contributed by atoms with Crippen molar-refractivity contribution in [3.63, 3.8) is 0 Å².